The highest BCUT2D eigenvalue weighted by Crippen LogP contribution is 2.23. The first kappa shape index (κ1) is 21.6. The summed E-state index contributed by atoms with van der Waals surface area (Å²) in [6, 6.07) is 13.5. The Bertz CT molecular complexity index is 718. The number of halogens is 1. The van der Waals surface area contributed by atoms with E-state index in [9.17, 15) is 4.79 Å². The largest absolute Gasteiger partial charge is 1.00 e. The number of hydrogen-bond donors (Lipinski definition) is 2. The molecule has 0 radical (unpaired) electrons. The van der Waals surface area contributed by atoms with E-state index in [2.05, 4.69) is 35.4 Å². The fourth-order valence-corrected chi connectivity index (χ4v) is 2.76. The highest BCUT2D eigenvalue weighted by atomic mass is 35.5. The predicted octanol–water partition coefficient (Wildman–Crippen LogP) is 1.18. The summed E-state index contributed by atoms with van der Waals surface area (Å²) in [7, 11) is 1.62. The number of aryl methyl sites for hydroxylation is 1. The van der Waals surface area contributed by atoms with E-state index < -0.39 is 0 Å². The van der Waals surface area contributed by atoms with Crippen LogP contribution in [0.4, 0.5) is 16.2 Å². The number of ether oxygens (including phenoxy) is 1. The van der Waals surface area contributed by atoms with Gasteiger partial charge >= 0.3 is 6.03 Å². The molecule has 0 fully saturated rings. The molecule has 2 aromatic carbocycles. The monoisotopic (exact) mass is 376 g/mol. The fraction of sp³-hybridized carbons (Fsp3) is 0.350. The van der Waals surface area contributed by atoms with Crippen LogP contribution in [0.3, 0.4) is 0 Å². The molecule has 26 heavy (non-hydrogen) atoms. The highest BCUT2D eigenvalue weighted by Gasteiger charge is 2.09. The lowest BCUT2D eigenvalue weighted by atomic mass is 10.1. The molecule has 0 spiro atoms. The first-order valence-corrected chi connectivity index (χ1v) is 8.61. The second-order valence-corrected chi connectivity index (χ2v) is 5.79. The third kappa shape index (κ3) is 5.56. The maximum absolute atomic E-state index is 12.2. The summed E-state index contributed by atoms with van der Waals surface area (Å²) < 4.78 is 5.30. The molecule has 0 aromatic heterocycles. The van der Waals surface area contributed by atoms with Crippen molar-refractivity contribution in [3.8, 4) is 5.75 Å². The van der Waals surface area contributed by atoms with E-state index in [0.29, 0.717) is 6.54 Å². The Morgan fingerprint density at radius 3 is 2.42 bits per heavy atom. The minimum atomic E-state index is -0.232. The van der Waals surface area contributed by atoms with Crippen molar-refractivity contribution in [1.82, 2.24) is 5.32 Å². The van der Waals surface area contributed by atoms with E-state index in [1.54, 1.807) is 7.11 Å². The van der Waals surface area contributed by atoms with Gasteiger partial charge < -0.3 is 32.7 Å². The number of carbonyl (C=O) groups excluding carboxylic acids is 1. The van der Waals surface area contributed by atoms with Gasteiger partial charge in [-0.2, -0.15) is 0 Å². The van der Waals surface area contributed by atoms with Crippen molar-refractivity contribution < 1.29 is 21.9 Å². The van der Waals surface area contributed by atoms with E-state index in [0.717, 1.165) is 35.7 Å². The summed E-state index contributed by atoms with van der Waals surface area (Å²) in [6.45, 7) is 8.60. The van der Waals surface area contributed by atoms with Crippen molar-refractivity contribution in [3.05, 3.63) is 53.6 Å². The van der Waals surface area contributed by atoms with Crippen LogP contribution in [0, 0.1) is 6.92 Å². The van der Waals surface area contributed by atoms with Crippen LogP contribution in [0.25, 0.3) is 0 Å². The van der Waals surface area contributed by atoms with Gasteiger partial charge in [0.05, 0.1) is 7.11 Å². The van der Waals surface area contributed by atoms with Crippen molar-refractivity contribution >= 4 is 17.4 Å². The zero-order valence-corrected chi connectivity index (χ0v) is 16.6. The molecule has 2 N–H and O–H groups in total. The number of hydrogen-bond acceptors (Lipinski definition) is 3. The van der Waals surface area contributed by atoms with E-state index in [1.807, 2.05) is 43.3 Å². The number of nitrogens with zero attached hydrogens (tertiary/aromatic N) is 1. The minimum absolute atomic E-state index is 0. The second kappa shape index (κ2) is 10.6. The molecule has 2 amide bonds. The molecule has 0 heterocycles. The molecule has 0 atom stereocenters. The van der Waals surface area contributed by atoms with Gasteiger partial charge in [-0.1, -0.05) is 18.2 Å². The SMILES string of the molecule is CCN(CC)c1ccc(NC(=O)NCc2ccccc2OC)c(C)c1.[Cl-]. The van der Waals surface area contributed by atoms with Crippen LogP contribution in [-0.4, -0.2) is 26.2 Å². The van der Waals surface area contributed by atoms with E-state index in [-0.39, 0.29) is 18.4 Å². The lowest BCUT2D eigenvalue weighted by Gasteiger charge is -2.22. The third-order valence-corrected chi connectivity index (χ3v) is 4.22. The van der Waals surface area contributed by atoms with E-state index >= 15 is 0 Å². The number of urea groups is 1. The van der Waals surface area contributed by atoms with E-state index in [4.69, 9.17) is 4.74 Å². The maximum atomic E-state index is 12.2. The Kier molecular flexibility index (Phi) is 8.79. The minimum Gasteiger partial charge on any atom is -1.00 e. The van der Waals surface area contributed by atoms with Gasteiger partial charge in [0.25, 0.3) is 0 Å². The van der Waals surface area contributed by atoms with Crippen molar-refractivity contribution in [2.45, 2.75) is 27.3 Å². The summed E-state index contributed by atoms with van der Waals surface area (Å²) in [5, 5.41) is 5.78. The summed E-state index contributed by atoms with van der Waals surface area (Å²) in [5.74, 6) is 0.766. The Morgan fingerprint density at radius 2 is 1.81 bits per heavy atom. The first-order valence-electron chi connectivity index (χ1n) is 8.61. The molecule has 142 valence electrons. The Morgan fingerprint density at radius 1 is 1.12 bits per heavy atom. The molecular formula is C20H27ClN3O2-. The van der Waals surface area contributed by atoms with E-state index in [1.165, 1.54) is 5.69 Å². The van der Waals surface area contributed by atoms with Gasteiger partial charge in [0.1, 0.15) is 5.75 Å². The number of rotatable bonds is 7. The van der Waals surface area contributed by atoms with Gasteiger partial charge in [-0.3, -0.25) is 0 Å². The number of nitrogens with one attached hydrogen (secondary N) is 2. The fourth-order valence-electron chi connectivity index (χ4n) is 2.76. The summed E-state index contributed by atoms with van der Waals surface area (Å²) >= 11 is 0. The molecule has 2 rings (SSSR count). The van der Waals surface area contributed by atoms with Crippen LogP contribution in [0.2, 0.25) is 0 Å². The van der Waals surface area contributed by atoms with Gasteiger partial charge in [-0.05, 0) is 50.6 Å². The summed E-state index contributed by atoms with van der Waals surface area (Å²) in [6.07, 6.45) is 0. The molecule has 0 saturated heterocycles. The zero-order valence-electron chi connectivity index (χ0n) is 15.8. The van der Waals surface area contributed by atoms with Gasteiger partial charge in [-0.25, -0.2) is 4.79 Å². The van der Waals surface area contributed by atoms with Crippen molar-refractivity contribution in [3.63, 3.8) is 0 Å². The summed E-state index contributed by atoms with van der Waals surface area (Å²) in [4.78, 5) is 14.5. The number of benzene rings is 2. The number of carbonyl (C=O) groups is 1. The molecule has 6 heteroatoms. The van der Waals surface area contributed by atoms with Crippen LogP contribution in [0.5, 0.6) is 5.75 Å². The average molecular weight is 377 g/mol. The van der Waals surface area contributed by atoms with Crippen LogP contribution in [-0.2, 0) is 6.54 Å². The average Bonchev–Trinajstić information content (AvgIpc) is 2.63. The molecule has 0 aliphatic rings. The highest BCUT2D eigenvalue weighted by molar-refractivity contribution is 5.90. The zero-order chi connectivity index (χ0) is 18.2. The Balaban J connectivity index is 0.00000338. The standard InChI is InChI=1S/C20H27N3O2.ClH/c1-5-23(6-2)17-11-12-18(15(3)13-17)22-20(24)21-14-16-9-7-8-10-19(16)25-4;/h7-13H,5-6,14H2,1-4H3,(H2,21,22,24);1H/p-1. The quantitative estimate of drug-likeness (QED) is 0.763. The number of amides is 2. The number of para-hydroxylation sites is 1. The van der Waals surface area contributed by atoms with Gasteiger partial charge in [-0.15, -0.1) is 0 Å². The lowest BCUT2D eigenvalue weighted by Crippen LogP contribution is -3.00. The summed E-state index contributed by atoms with van der Waals surface area (Å²) in [5.41, 5.74) is 3.96. The van der Waals surface area contributed by atoms with Gasteiger partial charge in [0, 0.05) is 36.6 Å². The molecule has 0 bridgehead atoms. The normalized spacial score (nSPS) is 9.85. The van der Waals surface area contributed by atoms with Crippen LogP contribution in [0.15, 0.2) is 42.5 Å². The van der Waals surface area contributed by atoms with Crippen molar-refractivity contribution in [2.24, 2.45) is 0 Å². The third-order valence-electron chi connectivity index (χ3n) is 4.22. The number of methoxy groups -OCH3 is 1. The predicted molar refractivity (Wildman–Crippen MR) is 104 cm³/mol. The van der Waals surface area contributed by atoms with Crippen LogP contribution < -0.4 is 32.7 Å². The molecule has 0 saturated carbocycles. The molecule has 0 aliphatic carbocycles. The molecule has 0 unspecified atom stereocenters. The smallest absolute Gasteiger partial charge is 0.319 e. The van der Waals surface area contributed by atoms with Crippen molar-refractivity contribution in [1.29, 1.82) is 0 Å². The Labute approximate surface area is 162 Å². The Hall–Kier alpha value is -2.40. The lowest BCUT2D eigenvalue weighted by molar-refractivity contribution is -0.00000864. The second-order valence-electron chi connectivity index (χ2n) is 5.79. The first-order chi connectivity index (χ1) is 12.1. The molecule has 0 aliphatic heterocycles. The topological polar surface area (TPSA) is 53.6 Å². The molecular weight excluding hydrogens is 350 g/mol. The van der Waals surface area contributed by atoms with Crippen LogP contribution >= 0.6 is 0 Å². The van der Waals surface area contributed by atoms with Gasteiger partial charge in [0.15, 0.2) is 0 Å². The van der Waals surface area contributed by atoms with Gasteiger partial charge in [0.2, 0.25) is 0 Å². The van der Waals surface area contributed by atoms with Crippen molar-refractivity contribution in [2.75, 3.05) is 30.4 Å². The molecule has 5 nitrogen and oxygen atoms in total. The maximum Gasteiger partial charge on any atom is 0.319 e. The number of anilines is 2. The molecule has 2 aromatic rings. The van der Waals surface area contributed by atoms with Crippen LogP contribution in [0.1, 0.15) is 25.0 Å².